The van der Waals surface area contributed by atoms with Gasteiger partial charge in [0.05, 0.1) is 12.1 Å². The molecule has 0 aromatic carbocycles. The molecule has 1 heterocycles. The third-order valence-corrected chi connectivity index (χ3v) is 8.75. The quantitative estimate of drug-likeness (QED) is 0.756. The van der Waals surface area contributed by atoms with Crippen LogP contribution in [0.2, 0.25) is 0 Å². The Morgan fingerprint density at radius 3 is 1.87 bits per heavy atom. The molecule has 0 radical (unpaired) electrons. The predicted octanol–water partition coefficient (Wildman–Crippen LogP) is 1.17. The van der Waals surface area contributed by atoms with Gasteiger partial charge in [0.1, 0.15) is 26.2 Å². The highest BCUT2D eigenvalue weighted by Gasteiger charge is 2.53. The second kappa shape index (κ2) is 6.02. The highest BCUT2D eigenvalue weighted by Crippen LogP contribution is 2.52. The van der Waals surface area contributed by atoms with Gasteiger partial charge in [0.15, 0.2) is 0 Å². The second-order valence-electron chi connectivity index (χ2n) is 10.2. The van der Waals surface area contributed by atoms with Crippen LogP contribution in [-0.4, -0.2) is 38.3 Å². The summed E-state index contributed by atoms with van der Waals surface area (Å²) in [4.78, 5) is 4.04. The van der Waals surface area contributed by atoms with Gasteiger partial charge in [0, 0.05) is 18.3 Å². The zero-order valence-corrected chi connectivity index (χ0v) is 15.2. The van der Waals surface area contributed by atoms with Gasteiger partial charge in [-0.2, -0.15) is 0 Å². The monoisotopic (exact) mass is 318 g/mol. The van der Waals surface area contributed by atoms with Crippen molar-refractivity contribution in [3.63, 3.8) is 0 Å². The van der Waals surface area contributed by atoms with Crippen LogP contribution >= 0.6 is 0 Å². The second-order valence-corrected chi connectivity index (χ2v) is 10.2. The van der Waals surface area contributed by atoms with Crippen molar-refractivity contribution < 1.29 is 9.80 Å². The fraction of sp³-hybridized carbons (Fsp3) is 1.00. The largest absolute Gasteiger partial charge is 0.323 e. The summed E-state index contributed by atoms with van der Waals surface area (Å²) in [6.45, 7) is 8.44. The van der Waals surface area contributed by atoms with Crippen LogP contribution in [0, 0.1) is 29.6 Å². The summed E-state index contributed by atoms with van der Waals surface area (Å²) in [6.07, 6.45) is 14.1. The van der Waals surface area contributed by atoms with Crippen LogP contribution in [0.3, 0.4) is 0 Å². The van der Waals surface area contributed by atoms with E-state index in [0.29, 0.717) is 0 Å². The Balaban J connectivity index is 1.20. The molecule has 0 aromatic rings. The number of nitrogens with one attached hydrogen (secondary N) is 2. The minimum absolute atomic E-state index is 0.996. The summed E-state index contributed by atoms with van der Waals surface area (Å²) >= 11 is 0. The van der Waals surface area contributed by atoms with Crippen LogP contribution in [0.15, 0.2) is 0 Å². The Hall–Kier alpha value is -0.0800. The average Bonchev–Trinajstić information content (AvgIpc) is 2.54. The van der Waals surface area contributed by atoms with Crippen molar-refractivity contribution in [2.24, 2.45) is 29.6 Å². The molecular formula is C21H38N2+2. The number of piperazine rings is 1. The van der Waals surface area contributed by atoms with Crippen LogP contribution in [0.4, 0.5) is 0 Å². The molecule has 5 aliphatic carbocycles. The summed E-state index contributed by atoms with van der Waals surface area (Å²) < 4.78 is 0. The first-order chi connectivity index (χ1) is 11.3. The van der Waals surface area contributed by atoms with Crippen LogP contribution in [0.1, 0.15) is 64.7 Å². The summed E-state index contributed by atoms with van der Waals surface area (Å²) in [7, 11) is 0. The summed E-state index contributed by atoms with van der Waals surface area (Å²) in [5.74, 6) is 5.53. The number of rotatable bonds is 2. The molecule has 0 spiro atoms. The Bertz CT molecular complexity index is 398. The maximum absolute atomic E-state index is 2.49. The number of hydrogen-bond acceptors (Lipinski definition) is 0. The molecule has 2 heteroatoms. The molecule has 0 amide bonds. The van der Waals surface area contributed by atoms with E-state index in [9.17, 15) is 0 Å². The normalized spacial score (nSPS) is 56.0. The smallest absolute Gasteiger partial charge is 0.127 e. The molecule has 1 aliphatic heterocycles. The van der Waals surface area contributed by atoms with Crippen molar-refractivity contribution in [3.8, 4) is 0 Å². The lowest BCUT2D eigenvalue weighted by molar-refractivity contribution is -1.04. The minimum Gasteiger partial charge on any atom is -0.323 e. The number of hydrogen-bond donors (Lipinski definition) is 2. The molecule has 2 nitrogen and oxygen atoms in total. The van der Waals surface area contributed by atoms with E-state index in [-0.39, 0.29) is 0 Å². The van der Waals surface area contributed by atoms with Crippen molar-refractivity contribution >= 4 is 0 Å². The fourth-order valence-corrected chi connectivity index (χ4v) is 8.03. The van der Waals surface area contributed by atoms with Gasteiger partial charge in [-0.1, -0.05) is 13.3 Å². The predicted molar refractivity (Wildman–Crippen MR) is 93.6 cm³/mol. The molecule has 6 fully saturated rings. The third kappa shape index (κ3) is 2.78. The molecular weight excluding hydrogens is 280 g/mol. The Kier molecular flexibility index (Phi) is 3.98. The zero-order valence-electron chi connectivity index (χ0n) is 15.2. The lowest BCUT2D eigenvalue weighted by Crippen LogP contribution is -3.31. The Labute approximate surface area is 143 Å². The first-order valence-corrected chi connectivity index (χ1v) is 11.0. The SMILES string of the molecule is C[C@@H]1CCC[C@@H]([NH+]2CC[NH+](C3C4CC5CC(C4)CC3C5)CC2)C1. The molecule has 4 bridgehead atoms. The Morgan fingerprint density at radius 1 is 0.652 bits per heavy atom. The highest BCUT2D eigenvalue weighted by molar-refractivity contribution is 4.98. The zero-order chi connectivity index (χ0) is 15.4. The maximum atomic E-state index is 2.49. The van der Waals surface area contributed by atoms with Crippen LogP contribution in [-0.2, 0) is 0 Å². The van der Waals surface area contributed by atoms with E-state index in [1.807, 2.05) is 9.80 Å². The van der Waals surface area contributed by atoms with Gasteiger partial charge in [-0.3, -0.25) is 0 Å². The third-order valence-electron chi connectivity index (χ3n) is 8.75. The van der Waals surface area contributed by atoms with Gasteiger partial charge in [0.25, 0.3) is 0 Å². The lowest BCUT2D eigenvalue weighted by Gasteiger charge is -2.56. The Morgan fingerprint density at radius 2 is 1.26 bits per heavy atom. The fourth-order valence-electron chi connectivity index (χ4n) is 8.03. The topological polar surface area (TPSA) is 8.88 Å². The molecule has 6 rings (SSSR count). The van der Waals surface area contributed by atoms with E-state index in [0.717, 1.165) is 41.7 Å². The first kappa shape index (κ1) is 15.2. The molecule has 0 aromatic heterocycles. The average molecular weight is 319 g/mol. The maximum Gasteiger partial charge on any atom is 0.127 e. The lowest BCUT2D eigenvalue weighted by atomic mass is 9.54. The van der Waals surface area contributed by atoms with E-state index in [2.05, 4.69) is 6.92 Å². The molecule has 2 atom stereocenters. The van der Waals surface area contributed by atoms with Gasteiger partial charge in [-0.05, 0) is 62.7 Å². The summed E-state index contributed by atoms with van der Waals surface area (Å²) in [6, 6.07) is 2.09. The van der Waals surface area contributed by atoms with E-state index in [4.69, 9.17) is 0 Å². The standard InChI is InChI=1S/C21H36N2/c1-15-3-2-4-20(9-15)22-5-7-23(8-6-22)21-18-11-16-10-17(13-18)14-19(21)12-16/h15-21H,2-14H2,1H3/p+2/t15-,16?,17?,18?,19?,20-,21?/m1/s1. The summed E-state index contributed by atoms with van der Waals surface area (Å²) in [5, 5.41) is 0. The van der Waals surface area contributed by atoms with Gasteiger partial charge in [-0.15, -0.1) is 0 Å². The molecule has 2 N–H and O–H groups in total. The van der Waals surface area contributed by atoms with Crippen molar-refractivity contribution in [1.29, 1.82) is 0 Å². The van der Waals surface area contributed by atoms with Crippen LogP contribution in [0.25, 0.3) is 0 Å². The van der Waals surface area contributed by atoms with Crippen LogP contribution < -0.4 is 9.80 Å². The van der Waals surface area contributed by atoms with E-state index >= 15 is 0 Å². The van der Waals surface area contributed by atoms with E-state index in [1.54, 1.807) is 32.1 Å². The first-order valence-electron chi connectivity index (χ1n) is 11.0. The molecule has 23 heavy (non-hydrogen) atoms. The summed E-state index contributed by atoms with van der Waals surface area (Å²) in [5.41, 5.74) is 0. The van der Waals surface area contributed by atoms with Gasteiger partial charge < -0.3 is 9.80 Å². The van der Waals surface area contributed by atoms with Crippen molar-refractivity contribution in [3.05, 3.63) is 0 Å². The minimum atomic E-state index is 0.996. The van der Waals surface area contributed by atoms with Crippen molar-refractivity contribution in [1.82, 2.24) is 0 Å². The molecule has 1 saturated heterocycles. The van der Waals surface area contributed by atoms with Gasteiger partial charge in [0.2, 0.25) is 0 Å². The molecule has 5 saturated carbocycles. The highest BCUT2D eigenvalue weighted by atomic mass is 15.3. The van der Waals surface area contributed by atoms with Gasteiger partial charge in [-0.25, -0.2) is 0 Å². The molecule has 6 aliphatic rings. The van der Waals surface area contributed by atoms with Gasteiger partial charge >= 0.3 is 0 Å². The van der Waals surface area contributed by atoms with E-state index < -0.39 is 0 Å². The number of quaternary nitrogens is 2. The van der Waals surface area contributed by atoms with E-state index in [1.165, 1.54) is 51.9 Å². The van der Waals surface area contributed by atoms with Crippen molar-refractivity contribution in [2.75, 3.05) is 26.2 Å². The molecule has 130 valence electrons. The molecule has 0 unspecified atom stereocenters. The van der Waals surface area contributed by atoms with Crippen molar-refractivity contribution in [2.45, 2.75) is 76.8 Å². The van der Waals surface area contributed by atoms with Crippen LogP contribution in [0.5, 0.6) is 0 Å².